The Morgan fingerprint density at radius 3 is 2.39 bits per heavy atom. The number of esters is 1. The first-order chi connectivity index (χ1) is 39.2. The van der Waals surface area contributed by atoms with E-state index in [1.165, 1.54) is 36.2 Å². The lowest BCUT2D eigenvalue weighted by molar-refractivity contribution is -0.187. The van der Waals surface area contributed by atoms with Gasteiger partial charge in [-0.2, -0.15) is 0 Å². The van der Waals surface area contributed by atoms with Crippen LogP contribution >= 0.6 is 35.4 Å². The molecule has 0 radical (unpaired) electrons. The Morgan fingerprint density at radius 2 is 1.73 bits per heavy atom. The lowest BCUT2D eigenvalue weighted by Crippen LogP contribution is -2.53. The number of methoxy groups -OCH3 is 2. The van der Waals surface area contributed by atoms with Crippen LogP contribution in [0.3, 0.4) is 0 Å². The van der Waals surface area contributed by atoms with Crippen LogP contribution in [0.2, 0.25) is 10.0 Å². The standard InChI is InChI=1S/C60H80Cl2N6O14S/c1-33(2)40(29-39(83)16-11-10-12-22-68-51(71)24-35(4)56(68)74)55(73)65-43(17-14-21-64-57(63)75)45(69)27-37-19-20-42(41(61)25-37)66-58(76)81-49-30-50(70)67(7)44-26-38(28-46(78-8)53(44)62)23-34(3)15-13-18-48(79-9)60(77)31-47(80-52(72)32-60)36(5)54-59(49,6)82-54/h13,15,18-20,25-26,28,33,35-36,40,43,47-49,54,77H,10-12,14,16-17,21-24,27,29-32H2,1-9H3,(H,65,73)(H,66,76)(H3,63,64,75)/b18-13+,34-15+/t35?,36-,40+,43+,47+,48-,49+,54+,59+,60-/m1/s1. The zero-order chi connectivity index (χ0) is 61.1. The van der Waals surface area contributed by atoms with E-state index in [0.29, 0.717) is 60.5 Å². The Morgan fingerprint density at radius 1 is 1.00 bits per heavy atom. The van der Waals surface area contributed by atoms with Gasteiger partial charge in [-0.3, -0.25) is 39.0 Å². The number of imide groups is 1. The van der Waals surface area contributed by atoms with Crippen molar-refractivity contribution < 1.29 is 67.1 Å². The summed E-state index contributed by atoms with van der Waals surface area (Å²) in [5.74, 6) is -3.35. The van der Waals surface area contributed by atoms with Crippen molar-refractivity contribution in [2.75, 3.05) is 44.6 Å². The summed E-state index contributed by atoms with van der Waals surface area (Å²) in [5.41, 5.74) is 4.90. The number of ketones is 1. The van der Waals surface area contributed by atoms with Crippen LogP contribution in [0.1, 0.15) is 123 Å². The lowest BCUT2D eigenvalue weighted by Gasteiger charge is -2.41. The van der Waals surface area contributed by atoms with Crippen LogP contribution in [-0.2, 0) is 60.6 Å². The van der Waals surface area contributed by atoms with Gasteiger partial charge in [0.2, 0.25) is 23.6 Å². The van der Waals surface area contributed by atoms with Gasteiger partial charge in [-0.15, -0.1) is 0 Å². The SMILES string of the molecule is COc1cc2cc(c1Cl)N(C)C(=O)C[C@H](OC(=O)Nc1ccc(CC(=O)[C@H](CCCNC(N)=O)NC(=O)[C@@H](CC(=S)CCCCCN3C(=O)CC(C)C3=O)C(C)C)cc1Cl)[C@]1(C)O[C@H]1[C@H](C)[C@@H]1C[C@@](O)(CC(=O)O1)[C@H](OC)/C=C/C=C(\C)C2. The average molecular weight is 1210 g/mol. The number of primary amides is 1. The number of epoxide rings is 1. The number of allylic oxidation sites excluding steroid dienone is 3. The number of ether oxygens (including phenoxy) is 5. The molecular formula is C60H80Cl2N6O14S. The third-order valence-corrected chi connectivity index (χ3v) is 17.2. The van der Waals surface area contributed by atoms with E-state index in [0.717, 1.165) is 24.0 Å². The molecule has 7 amide bonds. The van der Waals surface area contributed by atoms with Crippen molar-refractivity contribution in [2.24, 2.45) is 29.4 Å². The molecule has 0 aliphatic carbocycles. The molecule has 83 heavy (non-hydrogen) atoms. The highest BCUT2D eigenvalue weighted by Crippen LogP contribution is 2.50. The van der Waals surface area contributed by atoms with Crippen molar-refractivity contribution in [3.8, 4) is 5.75 Å². The van der Waals surface area contributed by atoms with Gasteiger partial charge < -0.3 is 50.1 Å². The molecule has 3 saturated heterocycles. The second kappa shape index (κ2) is 29.2. The van der Waals surface area contributed by atoms with Gasteiger partial charge in [-0.05, 0) is 105 Å². The van der Waals surface area contributed by atoms with Crippen LogP contribution in [0.15, 0.2) is 54.1 Å². The van der Waals surface area contributed by atoms with Crippen molar-refractivity contribution in [2.45, 2.75) is 167 Å². The number of carbonyl (C=O) groups excluding carboxylic acids is 8. The van der Waals surface area contributed by atoms with Gasteiger partial charge in [-0.25, -0.2) is 9.59 Å². The number of amides is 7. The summed E-state index contributed by atoms with van der Waals surface area (Å²) in [5, 5.41) is 20.4. The summed E-state index contributed by atoms with van der Waals surface area (Å²) in [6, 6.07) is 6.42. The summed E-state index contributed by atoms with van der Waals surface area (Å²) >= 11 is 19.4. The lowest BCUT2D eigenvalue weighted by atomic mass is 9.78. The number of nitrogens with one attached hydrogen (secondary N) is 3. The number of Topliss-reactive ketones (excluding diaryl/α,β-unsaturated/α-hetero) is 1. The van der Waals surface area contributed by atoms with Crippen LogP contribution in [0.4, 0.5) is 21.0 Å². The van der Waals surface area contributed by atoms with E-state index in [1.54, 1.807) is 58.2 Å². The number of likely N-dealkylation sites (tertiary alicyclic amines) is 1. The van der Waals surface area contributed by atoms with Gasteiger partial charge >= 0.3 is 18.1 Å². The first kappa shape index (κ1) is 66.2. The number of nitrogens with two attached hydrogens (primary N) is 1. The number of hydrogen-bond acceptors (Lipinski definition) is 15. The van der Waals surface area contributed by atoms with Gasteiger partial charge in [0.1, 0.15) is 40.3 Å². The molecule has 2 aromatic rings. The number of carbonyl (C=O) groups is 8. The molecule has 1 unspecified atom stereocenters. The van der Waals surface area contributed by atoms with E-state index >= 15 is 0 Å². The highest BCUT2D eigenvalue weighted by Gasteiger charge is 2.64. The first-order valence-corrected chi connectivity index (χ1v) is 29.4. The largest absolute Gasteiger partial charge is 0.495 e. The number of nitrogens with zero attached hydrogens (tertiary/aromatic N) is 2. The number of halogens is 2. The second-order valence-corrected chi connectivity index (χ2v) is 24.3. The Kier molecular flexibility index (Phi) is 23.3. The van der Waals surface area contributed by atoms with Crippen LogP contribution < -0.4 is 31.3 Å². The topological polar surface area (TPSA) is 275 Å². The number of urea groups is 1. The summed E-state index contributed by atoms with van der Waals surface area (Å²) in [7, 11) is 4.46. The molecule has 0 spiro atoms. The Bertz CT molecular complexity index is 2850. The van der Waals surface area contributed by atoms with Crippen LogP contribution in [0, 0.1) is 23.7 Å². The highest BCUT2D eigenvalue weighted by molar-refractivity contribution is 7.80. The molecule has 4 heterocycles. The fourth-order valence-electron chi connectivity index (χ4n) is 11.2. The molecule has 454 valence electrons. The summed E-state index contributed by atoms with van der Waals surface area (Å²) in [6.07, 6.45) is 3.81. The smallest absolute Gasteiger partial charge is 0.412 e. The predicted octanol–water partition coefficient (Wildman–Crippen LogP) is 8.31. The average Bonchev–Trinajstić information content (AvgIpc) is 2.74. The van der Waals surface area contributed by atoms with Crippen LogP contribution in [0.25, 0.3) is 0 Å². The predicted molar refractivity (Wildman–Crippen MR) is 317 cm³/mol. The third-order valence-electron chi connectivity index (χ3n) is 16.2. The van der Waals surface area contributed by atoms with E-state index in [4.69, 9.17) is 64.8 Å². The number of aliphatic hydroxyl groups is 1. The molecule has 6 rings (SSSR count). The number of fused-ring (bicyclic) bond motifs is 5. The fraction of sp³-hybridized carbons (Fsp3) is 0.583. The monoisotopic (exact) mass is 1210 g/mol. The number of unbranched alkanes of at least 4 members (excludes halogenated alkanes) is 2. The molecule has 20 nitrogen and oxygen atoms in total. The maximum atomic E-state index is 14.4. The summed E-state index contributed by atoms with van der Waals surface area (Å²) < 4.78 is 29.6. The van der Waals surface area contributed by atoms with Crippen LogP contribution in [-0.4, -0.2) is 138 Å². The van der Waals surface area contributed by atoms with Gasteiger partial charge in [-0.1, -0.05) is 99.4 Å². The Hall–Kier alpha value is -5.97. The molecule has 3 fully saturated rings. The number of thiocarbonyl (C=S) groups is 1. The van der Waals surface area contributed by atoms with E-state index in [9.17, 15) is 43.5 Å². The van der Waals surface area contributed by atoms with Crippen LogP contribution in [0.5, 0.6) is 5.75 Å². The maximum absolute atomic E-state index is 14.4. The number of anilines is 2. The van der Waals surface area contributed by atoms with Gasteiger partial charge in [0.15, 0.2) is 5.78 Å². The normalized spacial score (nSPS) is 26.4. The molecule has 4 aliphatic rings. The zero-order valence-electron chi connectivity index (χ0n) is 48.8. The minimum absolute atomic E-state index is 0.00391. The molecule has 0 saturated carbocycles. The minimum atomic E-state index is -1.65. The van der Waals surface area contributed by atoms with Gasteiger partial charge in [0.05, 0.1) is 48.5 Å². The zero-order valence-corrected chi connectivity index (χ0v) is 51.1. The Labute approximate surface area is 501 Å². The Balaban J connectivity index is 1.16. The number of rotatable bonds is 22. The van der Waals surface area contributed by atoms with E-state index in [2.05, 4.69) is 16.0 Å². The number of benzene rings is 2. The van der Waals surface area contributed by atoms with Crippen molar-refractivity contribution in [1.82, 2.24) is 15.5 Å². The quantitative estimate of drug-likeness (QED) is 0.0244. The molecule has 2 aromatic carbocycles. The van der Waals surface area contributed by atoms with Crippen molar-refractivity contribution >= 4 is 99.2 Å². The van der Waals surface area contributed by atoms with E-state index < -0.39 is 83.9 Å². The minimum Gasteiger partial charge on any atom is -0.495 e. The number of hydrogen-bond donors (Lipinski definition) is 5. The third kappa shape index (κ3) is 17.3. The molecule has 23 heteroatoms. The van der Waals surface area contributed by atoms with Crippen molar-refractivity contribution in [3.05, 3.63) is 75.3 Å². The molecule has 10 atom stereocenters. The van der Waals surface area contributed by atoms with Gasteiger partial charge in [0, 0.05) is 64.3 Å². The summed E-state index contributed by atoms with van der Waals surface area (Å²) in [6.45, 7) is 11.5. The molecule has 6 N–H and O–H groups in total. The first-order valence-electron chi connectivity index (χ1n) is 28.3. The van der Waals surface area contributed by atoms with Gasteiger partial charge in [0.25, 0.3) is 0 Å². The van der Waals surface area contributed by atoms with E-state index in [1.807, 2.05) is 26.8 Å². The molecule has 4 bridgehead atoms. The van der Waals surface area contributed by atoms with Crippen molar-refractivity contribution in [3.63, 3.8) is 0 Å². The highest BCUT2D eigenvalue weighted by atomic mass is 35.5. The summed E-state index contributed by atoms with van der Waals surface area (Å²) in [4.78, 5) is 109. The molecule has 4 aliphatic heterocycles. The molecule has 0 aromatic heterocycles. The fourth-order valence-corrected chi connectivity index (χ4v) is 12.0. The maximum Gasteiger partial charge on any atom is 0.412 e. The van der Waals surface area contributed by atoms with E-state index in [-0.39, 0.29) is 89.7 Å². The van der Waals surface area contributed by atoms with Crippen molar-refractivity contribution in [1.29, 1.82) is 0 Å². The molecular weight excluding hydrogens is 1130 g/mol. The second-order valence-electron chi connectivity index (χ2n) is 23.0.